The molecule has 0 radical (unpaired) electrons. The lowest BCUT2D eigenvalue weighted by Gasteiger charge is -2.34. The molecule has 1 spiro atoms. The number of β-amino-alcohol motifs (C(OH)–C–C–N with tert-alkyl or cyclic N) is 1. The minimum atomic E-state index is -1.02. The monoisotopic (exact) mass is 404 g/mol. The van der Waals surface area contributed by atoms with Crippen LogP contribution in [0, 0.1) is 5.92 Å². The molecule has 29 heavy (non-hydrogen) atoms. The number of amides is 3. The predicted molar refractivity (Wildman–Crippen MR) is 105 cm³/mol. The van der Waals surface area contributed by atoms with Crippen LogP contribution in [0.15, 0.2) is 24.3 Å². The fraction of sp³-hybridized carbons (Fsp3) is 0.571. The molecule has 0 bridgehead atoms. The molecule has 0 unspecified atom stereocenters. The molecule has 1 atom stereocenters. The number of nitrogens with one attached hydrogen (secondary N) is 1. The van der Waals surface area contributed by atoms with E-state index in [4.69, 9.17) is 4.74 Å². The fourth-order valence-electron chi connectivity index (χ4n) is 4.02. The number of carbonyl (C=O) groups excluding carboxylic acids is 3. The van der Waals surface area contributed by atoms with Crippen molar-refractivity contribution in [2.45, 2.75) is 50.7 Å². The zero-order chi connectivity index (χ0) is 21.0. The summed E-state index contributed by atoms with van der Waals surface area (Å²) in [6.07, 6.45) is 3.19. The molecule has 8 nitrogen and oxygen atoms in total. The normalized spacial score (nSPS) is 25.1. The summed E-state index contributed by atoms with van der Waals surface area (Å²) in [5, 5.41) is 13.1. The Morgan fingerprint density at radius 3 is 2.52 bits per heavy atom. The number of imide groups is 1. The molecule has 3 rings (SSSR count). The minimum Gasteiger partial charge on any atom is -0.491 e. The van der Waals surface area contributed by atoms with E-state index in [1.807, 2.05) is 0 Å². The Morgan fingerprint density at radius 1 is 1.28 bits per heavy atom. The first kappa shape index (κ1) is 21.1. The number of hydrogen-bond acceptors (Lipinski definition) is 6. The highest BCUT2D eigenvalue weighted by Gasteiger charge is 2.52. The number of carbonyl (C=O) groups is 3. The predicted octanol–water partition coefficient (Wildman–Crippen LogP) is 2.10. The van der Waals surface area contributed by atoms with Crippen LogP contribution in [-0.2, 0) is 9.53 Å². The smallest absolute Gasteiger partial charge is 0.337 e. The maximum Gasteiger partial charge on any atom is 0.337 e. The Bertz CT molecular complexity index is 755. The molecule has 2 aliphatic rings. The van der Waals surface area contributed by atoms with Gasteiger partial charge in [-0.25, -0.2) is 9.59 Å². The van der Waals surface area contributed by atoms with Crippen LogP contribution in [0.5, 0.6) is 5.75 Å². The number of ether oxygens (including phenoxy) is 2. The number of aliphatic hydroxyl groups is 1. The van der Waals surface area contributed by atoms with Gasteiger partial charge in [0, 0.05) is 0 Å². The van der Waals surface area contributed by atoms with Gasteiger partial charge in [0.15, 0.2) is 0 Å². The van der Waals surface area contributed by atoms with Crippen molar-refractivity contribution >= 4 is 17.9 Å². The first-order valence-electron chi connectivity index (χ1n) is 10.0. The lowest BCUT2D eigenvalue weighted by Crippen LogP contribution is -2.50. The number of rotatable bonds is 7. The molecule has 8 heteroatoms. The Labute approximate surface area is 170 Å². The number of benzene rings is 1. The number of aliphatic hydroxyl groups excluding tert-OH is 1. The quantitative estimate of drug-likeness (QED) is 0.533. The third-order valence-corrected chi connectivity index (χ3v) is 5.89. The summed E-state index contributed by atoms with van der Waals surface area (Å²) in [6.45, 7) is 1.94. The second kappa shape index (κ2) is 8.82. The lowest BCUT2D eigenvalue weighted by molar-refractivity contribution is -0.133. The molecule has 2 fully saturated rings. The number of urea groups is 1. The SMILES string of the molecule is CCC1CCC2(CC1)NC(=O)N(C[C@@H](O)COc1ccc(C(=O)OC)cc1)C2=O. The van der Waals surface area contributed by atoms with Gasteiger partial charge in [-0.1, -0.05) is 13.3 Å². The van der Waals surface area contributed by atoms with Crippen molar-refractivity contribution in [3.05, 3.63) is 29.8 Å². The molecular weight excluding hydrogens is 376 g/mol. The fourth-order valence-corrected chi connectivity index (χ4v) is 4.02. The van der Waals surface area contributed by atoms with Crippen LogP contribution in [0.25, 0.3) is 0 Å². The van der Waals surface area contributed by atoms with E-state index >= 15 is 0 Å². The number of hydrogen-bond donors (Lipinski definition) is 2. The van der Waals surface area contributed by atoms with Crippen molar-refractivity contribution < 1.29 is 29.0 Å². The molecule has 1 aliphatic carbocycles. The minimum absolute atomic E-state index is 0.0838. The van der Waals surface area contributed by atoms with Crippen molar-refractivity contribution in [3.8, 4) is 5.75 Å². The summed E-state index contributed by atoms with van der Waals surface area (Å²) < 4.78 is 10.1. The molecule has 1 heterocycles. The van der Waals surface area contributed by atoms with Gasteiger partial charge in [-0.2, -0.15) is 0 Å². The molecule has 158 valence electrons. The highest BCUT2D eigenvalue weighted by molar-refractivity contribution is 6.07. The maximum atomic E-state index is 12.9. The van der Waals surface area contributed by atoms with E-state index in [9.17, 15) is 19.5 Å². The van der Waals surface area contributed by atoms with Gasteiger partial charge >= 0.3 is 12.0 Å². The summed E-state index contributed by atoms with van der Waals surface area (Å²) in [4.78, 5) is 37.7. The van der Waals surface area contributed by atoms with E-state index in [0.717, 1.165) is 24.2 Å². The molecule has 2 N–H and O–H groups in total. The second-order valence-corrected chi connectivity index (χ2v) is 7.76. The summed E-state index contributed by atoms with van der Waals surface area (Å²) in [6, 6.07) is 5.84. The molecule has 1 aromatic rings. The van der Waals surface area contributed by atoms with Gasteiger partial charge in [0.1, 0.15) is 24.0 Å². The largest absolute Gasteiger partial charge is 0.491 e. The zero-order valence-electron chi connectivity index (χ0n) is 16.8. The van der Waals surface area contributed by atoms with Crippen LogP contribution in [0.3, 0.4) is 0 Å². The second-order valence-electron chi connectivity index (χ2n) is 7.76. The van der Waals surface area contributed by atoms with Crippen molar-refractivity contribution in [1.29, 1.82) is 0 Å². The first-order valence-corrected chi connectivity index (χ1v) is 10.0. The number of methoxy groups -OCH3 is 1. The van der Waals surface area contributed by atoms with E-state index in [0.29, 0.717) is 30.1 Å². The number of nitrogens with zero attached hydrogens (tertiary/aromatic N) is 1. The summed E-state index contributed by atoms with van der Waals surface area (Å²) in [5.74, 6) is 0.364. The standard InChI is InChI=1S/C21H28N2O6/c1-3-14-8-10-21(11-9-14)19(26)23(20(27)22-21)12-16(24)13-29-17-6-4-15(5-7-17)18(25)28-2/h4-7,14,16,24H,3,8-13H2,1-2H3,(H,22,27)/t14?,16-,21?/m1/s1. The van der Waals surface area contributed by atoms with Gasteiger partial charge in [0.25, 0.3) is 5.91 Å². The molecule has 0 aromatic heterocycles. The lowest BCUT2D eigenvalue weighted by atomic mass is 9.75. The Balaban J connectivity index is 1.52. The van der Waals surface area contributed by atoms with Crippen LogP contribution in [0.1, 0.15) is 49.4 Å². The number of esters is 1. The van der Waals surface area contributed by atoms with E-state index in [2.05, 4.69) is 17.0 Å². The van der Waals surface area contributed by atoms with E-state index in [-0.39, 0.29) is 19.1 Å². The Morgan fingerprint density at radius 2 is 1.93 bits per heavy atom. The van der Waals surface area contributed by atoms with Gasteiger partial charge < -0.3 is 19.9 Å². The van der Waals surface area contributed by atoms with Crippen molar-refractivity contribution in [2.75, 3.05) is 20.3 Å². The average Bonchev–Trinajstić information content (AvgIpc) is 2.96. The maximum absolute atomic E-state index is 12.9. The third-order valence-electron chi connectivity index (χ3n) is 5.89. The van der Waals surface area contributed by atoms with Gasteiger partial charge in [-0.05, 0) is 55.9 Å². The average molecular weight is 404 g/mol. The molecular formula is C21H28N2O6. The van der Waals surface area contributed by atoms with Crippen LogP contribution in [0.4, 0.5) is 4.79 Å². The summed E-state index contributed by atoms with van der Waals surface area (Å²) in [7, 11) is 1.30. The van der Waals surface area contributed by atoms with Gasteiger partial charge in [0.05, 0.1) is 19.2 Å². The van der Waals surface area contributed by atoms with Crippen LogP contribution in [0.2, 0.25) is 0 Å². The van der Waals surface area contributed by atoms with Gasteiger partial charge in [0.2, 0.25) is 0 Å². The van der Waals surface area contributed by atoms with Crippen LogP contribution >= 0.6 is 0 Å². The van der Waals surface area contributed by atoms with Crippen molar-refractivity contribution in [1.82, 2.24) is 10.2 Å². The topological polar surface area (TPSA) is 105 Å². The molecule has 1 aliphatic heterocycles. The molecule has 1 saturated heterocycles. The Kier molecular flexibility index (Phi) is 6.42. The van der Waals surface area contributed by atoms with E-state index in [1.165, 1.54) is 7.11 Å². The summed E-state index contributed by atoms with van der Waals surface area (Å²) in [5.41, 5.74) is -0.421. The van der Waals surface area contributed by atoms with E-state index in [1.54, 1.807) is 24.3 Å². The third kappa shape index (κ3) is 4.53. The van der Waals surface area contributed by atoms with Crippen LogP contribution < -0.4 is 10.1 Å². The highest BCUT2D eigenvalue weighted by atomic mass is 16.5. The first-order chi connectivity index (χ1) is 13.9. The van der Waals surface area contributed by atoms with Crippen LogP contribution in [-0.4, -0.2) is 59.8 Å². The Hall–Kier alpha value is -2.61. The molecule has 1 aromatic carbocycles. The molecule has 3 amide bonds. The highest BCUT2D eigenvalue weighted by Crippen LogP contribution is 2.37. The molecule has 1 saturated carbocycles. The zero-order valence-corrected chi connectivity index (χ0v) is 16.8. The van der Waals surface area contributed by atoms with Crippen molar-refractivity contribution in [3.63, 3.8) is 0 Å². The van der Waals surface area contributed by atoms with Gasteiger partial charge in [-0.3, -0.25) is 9.69 Å². The summed E-state index contributed by atoms with van der Waals surface area (Å²) >= 11 is 0. The van der Waals surface area contributed by atoms with Gasteiger partial charge in [-0.15, -0.1) is 0 Å². The van der Waals surface area contributed by atoms with E-state index < -0.39 is 23.6 Å². The van der Waals surface area contributed by atoms with Crippen molar-refractivity contribution in [2.24, 2.45) is 5.92 Å².